The van der Waals surface area contributed by atoms with Crippen molar-refractivity contribution in [1.29, 1.82) is 0 Å². The Morgan fingerprint density at radius 2 is 1.57 bits per heavy atom. The van der Waals surface area contributed by atoms with Crippen molar-refractivity contribution in [3.8, 4) is 5.69 Å². The van der Waals surface area contributed by atoms with Crippen molar-refractivity contribution in [2.24, 2.45) is 0 Å². The fourth-order valence-electron chi connectivity index (χ4n) is 4.06. The second-order valence-corrected chi connectivity index (χ2v) is 10.6. The highest BCUT2D eigenvalue weighted by Gasteiger charge is 2.29. The molecule has 0 aliphatic heterocycles. The third-order valence-corrected chi connectivity index (χ3v) is 7.45. The number of aryl methyl sites for hydroxylation is 3. The molecule has 0 saturated heterocycles. The Morgan fingerprint density at radius 3 is 2.22 bits per heavy atom. The molecule has 0 N–H and O–H groups in total. The van der Waals surface area contributed by atoms with Crippen LogP contribution in [-0.2, 0) is 16.8 Å². The molecule has 3 nitrogen and oxygen atoms in total. The van der Waals surface area contributed by atoms with E-state index >= 15 is 0 Å². The molecule has 0 aliphatic carbocycles. The first-order valence-electron chi connectivity index (χ1n) is 12.9. The molecular formula is C32H39FN2OS. The average molecular weight is 519 g/mol. The predicted octanol–water partition coefficient (Wildman–Crippen LogP) is 8.60. The third-order valence-electron chi connectivity index (χ3n) is 6.53. The Labute approximate surface area is 226 Å². The zero-order valence-electron chi connectivity index (χ0n) is 23.1. The molecule has 1 heterocycles. The molecule has 37 heavy (non-hydrogen) atoms. The highest BCUT2D eigenvalue weighted by atomic mass is 32.2. The number of hydrogen-bond donors (Lipinski definition) is 0. The predicted molar refractivity (Wildman–Crippen MR) is 154 cm³/mol. The lowest BCUT2D eigenvalue weighted by Gasteiger charge is -2.28. The number of rotatable bonds is 9. The van der Waals surface area contributed by atoms with Crippen LogP contribution < -0.4 is 0 Å². The lowest BCUT2D eigenvalue weighted by atomic mass is 9.80. The summed E-state index contributed by atoms with van der Waals surface area (Å²) in [5.41, 5.74) is 7.86. The molecule has 0 atom stereocenters. The second-order valence-electron chi connectivity index (χ2n) is 9.55. The molecule has 196 valence electrons. The van der Waals surface area contributed by atoms with Crippen molar-refractivity contribution in [3.05, 3.63) is 112 Å². The van der Waals surface area contributed by atoms with Crippen LogP contribution in [0, 0.1) is 26.6 Å². The summed E-state index contributed by atoms with van der Waals surface area (Å²) in [6.07, 6.45) is 1.95. The summed E-state index contributed by atoms with van der Waals surface area (Å²) < 4.78 is 21.8. The van der Waals surface area contributed by atoms with Crippen LogP contribution in [0.25, 0.3) is 5.69 Å². The SMILES string of the molecule is CC.Cc1ccc(COCCSc2ncc(C(C)(C)c3ccc(C)c(C)c3)n2-c2ccc(F)cc2)cc1. The molecule has 3 aromatic carbocycles. The quantitative estimate of drug-likeness (QED) is 0.164. The van der Waals surface area contributed by atoms with E-state index < -0.39 is 0 Å². The van der Waals surface area contributed by atoms with Crippen molar-refractivity contribution in [2.75, 3.05) is 12.4 Å². The van der Waals surface area contributed by atoms with Crippen LogP contribution in [0.2, 0.25) is 0 Å². The monoisotopic (exact) mass is 518 g/mol. The van der Waals surface area contributed by atoms with Gasteiger partial charge >= 0.3 is 0 Å². The van der Waals surface area contributed by atoms with Gasteiger partial charge in [-0.15, -0.1) is 0 Å². The van der Waals surface area contributed by atoms with Gasteiger partial charge in [0.15, 0.2) is 5.16 Å². The van der Waals surface area contributed by atoms with Gasteiger partial charge < -0.3 is 4.74 Å². The third kappa shape index (κ3) is 7.12. The molecule has 0 aliphatic rings. The van der Waals surface area contributed by atoms with Gasteiger partial charge in [-0.25, -0.2) is 9.37 Å². The lowest BCUT2D eigenvalue weighted by molar-refractivity contribution is 0.136. The molecule has 0 radical (unpaired) electrons. The van der Waals surface area contributed by atoms with Crippen LogP contribution in [0.5, 0.6) is 0 Å². The summed E-state index contributed by atoms with van der Waals surface area (Å²) in [6.45, 7) is 16.0. The van der Waals surface area contributed by atoms with Crippen molar-refractivity contribution in [3.63, 3.8) is 0 Å². The minimum absolute atomic E-state index is 0.248. The minimum atomic E-state index is -0.291. The van der Waals surface area contributed by atoms with E-state index in [1.54, 1.807) is 11.8 Å². The molecule has 0 saturated carbocycles. The van der Waals surface area contributed by atoms with Gasteiger partial charge in [-0.1, -0.05) is 87.5 Å². The summed E-state index contributed by atoms with van der Waals surface area (Å²) in [7, 11) is 0. The number of imidazole rings is 1. The Bertz CT molecular complexity index is 1280. The molecule has 5 heteroatoms. The zero-order valence-corrected chi connectivity index (χ0v) is 24.0. The number of thioether (sulfide) groups is 1. The normalized spacial score (nSPS) is 11.2. The maximum atomic E-state index is 13.7. The number of nitrogens with zero attached hydrogens (tertiary/aromatic N) is 2. The summed E-state index contributed by atoms with van der Waals surface area (Å²) in [5.74, 6) is 0.524. The lowest BCUT2D eigenvalue weighted by Crippen LogP contribution is -2.23. The number of aromatic nitrogens is 2. The minimum Gasteiger partial charge on any atom is -0.376 e. The number of hydrogen-bond acceptors (Lipinski definition) is 3. The Morgan fingerprint density at radius 1 is 0.892 bits per heavy atom. The summed E-state index contributed by atoms with van der Waals surface area (Å²) in [5, 5.41) is 0.877. The van der Waals surface area contributed by atoms with Gasteiger partial charge in [-0.2, -0.15) is 0 Å². The molecule has 4 rings (SSSR count). The van der Waals surface area contributed by atoms with Crippen LogP contribution >= 0.6 is 11.8 Å². The first-order chi connectivity index (χ1) is 17.8. The largest absolute Gasteiger partial charge is 0.376 e. The standard InChI is InChI=1S/C30H33FN2OS.C2H6/c1-21-6-9-24(10-7-21)20-34-16-17-35-29-32-19-28(33(29)27-14-12-26(31)13-15-27)30(4,5)25-11-8-22(2)23(3)18-25;1-2/h6-15,18-19H,16-17,20H2,1-5H3;1-2H3. The number of halogens is 1. The Balaban J connectivity index is 0.00000186. The molecule has 1 aromatic heterocycles. The van der Waals surface area contributed by atoms with Crippen LogP contribution in [0.15, 0.2) is 78.1 Å². The van der Waals surface area contributed by atoms with Crippen molar-refractivity contribution in [2.45, 2.75) is 65.6 Å². The maximum Gasteiger partial charge on any atom is 0.172 e. The van der Waals surface area contributed by atoms with Crippen molar-refractivity contribution in [1.82, 2.24) is 9.55 Å². The number of benzene rings is 3. The highest BCUT2D eigenvalue weighted by molar-refractivity contribution is 7.99. The van der Waals surface area contributed by atoms with Crippen molar-refractivity contribution < 1.29 is 9.13 Å². The van der Waals surface area contributed by atoms with Gasteiger partial charge in [0.25, 0.3) is 0 Å². The molecule has 0 spiro atoms. The van der Waals surface area contributed by atoms with E-state index in [2.05, 4.69) is 81.7 Å². The first kappa shape index (κ1) is 28.7. The van der Waals surface area contributed by atoms with Crippen LogP contribution in [-0.4, -0.2) is 21.9 Å². The van der Waals surface area contributed by atoms with Gasteiger partial charge in [0.05, 0.1) is 25.1 Å². The highest BCUT2D eigenvalue weighted by Crippen LogP contribution is 2.36. The summed E-state index contributed by atoms with van der Waals surface area (Å²) in [4.78, 5) is 4.79. The molecule has 0 amide bonds. The summed E-state index contributed by atoms with van der Waals surface area (Å²) >= 11 is 1.65. The second kappa shape index (κ2) is 13.1. The molecule has 0 fully saturated rings. The van der Waals surface area contributed by atoms with E-state index in [9.17, 15) is 4.39 Å². The zero-order chi connectivity index (χ0) is 27.0. The molecular weight excluding hydrogens is 479 g/mol. The molecule has 0 bridgehead atoms. The molecule has 4 aromatic rings. The van der Waals surface area contributed by atoms with E-state index in [-0.39, 0.29) is 11.2 Å². The molecule has 0 unspecified atom stereocenters. The van der Waals surface area contributed by atoms with Gasteiger partial charge in [0.1, 0.15) is 5.82 Å². The van der Waals surface area contributed by atoms with Crippen LogP contribution in [0.1, 0.15) is 61.2 Å². The van der Waals surface area contributed by atoms with E-state index in [1.807, 2.05) is 32.2 Å². The van der Waals surface area contributed by atoms with Gasteiger partial charge in [-0.05, 0) is 67.3 Å². The Hall–Kier alpha value is -2.89. The van der Waals surface area contributed by atoms with Crippen molar-refractivity contribution >= 4 is 11.8 Å². The van der Waals surface area contributed by atoms with Crippen LogP contribution in [0.4, 0.5) is 4.39 Å². The van der Waals surface area contributed by atoms with E-state index in [1.165, 1.54) is 39.9 Å². The maximum absolute atomic E-state index is 13.7. The number of ether oxygens (including phenoxy) is 1. The summed E-state index contributed by atoms with van der Waals surface area (Å²) in [6, 6.07) is 21.7. The van der Waals surface area contributed by atoms with E-state index in [4.69, 9.17) is 9.72 Å². The van der Waals surface area contributed by atoms with Gasteiger partial charge in [-0.3, -0.25) is 4.57 Å². The fourth-order valence-corrected chi connectivity index (χ4v) is 4.91. The van der Waals surface area contributed by atoms with Gasteiger partial charge in [0, 0.05) is 16.9 Å². The first-order valence-corrected chi connectivity index (χ1v) is 13.9. The Kier molecular flexibility index (Phi) is 10.1. The van der Waals surface area contributed by atoms with Gasteiger partial charge in [0.2, 0.25) is 0 Å². The fraction of sp³-hybridized carbons (Fsp3) is 0.344. The van der Waals surface area contributed by atoms with Crippen LogP contribution in [0.3, 0.4) is 0 Å². The topological polar surface area (TPSA) is 27.1 Å². The average Bonchev–Trinajstić information content (AvgIpc) is 3.33. The van der Waals surface area contributed by atoms with E-state index in [0.717, 1.165) is 22.3 Å². The smallest absolute Gasteiger partial charge is 0.172 e. The van der Waals surface area contributed by atoms with E-state index in [0.29, 0.717) is 13.2 Å².